The number of carbonyl (C=O) groups excluding carboxylic acids is 1. The van der Waals surface area contributed by atoms with E-state index < -0.39 is 22.0 Å². The number of hydrogen-bond donors (Lipinski definition) is 2. The second kappa shape index (κ2) is 7.76. The highest BCUT2D eigenvalue weighted by molar-refractivity contribution is 7.89. The summed E-state index contributed by atoms with van der Waals surface area (Å²) in [6.07, 6.45) is 2.50. The fourth-order valence-electron chi connectivity index (χ4n) is 2.70. The van der Waals surface area contributed by atoms with Crippen LogP contribution in [-0.2, 0) is 14.8 Å². The molecule has 1 aromatic carbocycles. The van der Waals surface area contributed by atoms with Crippen LogP contribution >= 0.6 is 0 Å². The van der Waals surface area contributed by atoms with Crippen LogP contribution in [0.5, 0.6) is 0 Å². The number of nitrogens with one attached hydrogen (secondary N) is 1. The zero-order valence-electron chi connectivity index (χ0n) is 13.6. The van der Waals surface area contributed by atoms with Gasteiger partial charge in [0.15, 0.2) is 0 Å². The summed E-state index contributed by atoms with van der Waals surface area (Å²) in [6.45, 7) is 2.28. The predicted octanol–water partition coefficient (Wildman–Crippen LogP) is 1.92. The van der Waals surface area contributed by atoms with E-state index in [-0.39, 0.29) is 17.2 Å². The molecule has 1 aliphatic rings. The standard InChI is InChI=1S/C16H22N2O5S/c1-2-3-11-24(22,23)18-10-4-5-14(18)15(19)17-13-8-6-12(7-9-13)16(20)21/h6-9,14H,2-5,10-11H2,1H3,(H,17,19)(H,20,21). The molecular weight excluding hydrogens is 332 g/mol. The average Bonchev–Trinajstić information content (AvgIpc) is 3.04. The van der Waals surface area contributed by atoms with Crippen LogP contribution in [0.3, 0.4) is 0 Å². The van der Waals surface area contributed by atoms with E-state index in [2.05, 4.69) is 5.32 Å². The maximum Gasteiger partial charge on any atom is 0.335 e. The summed E-state index contributed by atoms with van der Waals surface area (Å²) in [6, 6.07) is 5.06. The van der Waals surface area contributed by atoms with E-state index in [1.165, 1.54) is 28.6 Å². The van der Waals surface area contributed by atoms with Gasteiger partial charge in [-0.25, -0.2) is 13.2 Å². The van der Waals surface area contributed by atoms with Gasteiger partial charge < -0.3 is 10.4 Å². The van der Waals surface area contributed by atoms with Crippen LogP contribution in [0.4, 0.5) is 5.69 Å². The zero-order valence-corrected chi connectivity index (χ0v) is 14.4. The molecule has 0 aliphatic carbocycles. The lowest BCUT2D eigenvalue weighted by Gasteiger charge is -2.23. The third kappa shape index (κ3) is 4.33. The van der Waals surface area contributed by atoms with Crippen LogP contribution in [0.2, 0.25) is 0 Å². The summed E-state index contributed by atoms with van der Waals surface area (Å²) in [5.41, 5.74) is 0.570. The third-order valence-corrected chi connectivity index (χ3v) is 5.98. The molecule has 2 rings (SSSR count). The molecule has 132 valence electrons. The molecule has 24 heavy (non-hydrogen) atoms. The first-order valence-corrected chi connectivity index (χ1v) is 9.60. The summed E-state index contributed by atoms with van der Waals surface area (Å²) in [4.78, 5) is 23.3. The van der Waals surface area contributed by atoms with Crippen molar-refractivity contribution in [2.75, 3.05) is 17.6 Å². The minimum Gasteiger partial charge on any atom is -0.478 e. The molecule has 1 saturated heterocycles. The van der Waals surface area contributed by atoms with Crippen LogP contribution in [-0.4, -0.2) is 48.0 Å². The molecule has 1 fully saturated rings. The molecule has 0 aromatic heterocycles. The Kier molecular flexibility index (Phi) is 5.95. The molecule has 8 heteroatoms. The van der Waals surface area contributed by atoms with Gasteiger partial charge in [0.2, 0.25) is 15.9 Å². The minimum atomic E-state index is -3.43. The zero-order chi connectivity index (χ0) is 17.7. The van der Waals surface area contributed by atoms with E-state index in [9.17, 15) is 18.0 Å². The molecule has 0 spiro atoms. The van der Waals surface area contributed by atoms with Crippen LogP contribution in [0.15, 0.2) is 24.3 Å². The van der Waals surface area contributed by atoms with Gasteiger partial charge in [-0.05, 0) is 43.5 Å². The highest BCUT2D eigenvalue weighted by Crippen LogP contribution is 2.23. The van der Waals surface area contributed by atoms with E-state index in [0.717, 1.165) is 6.42 Å². The number of carbonyl (C=O) groups is 2. The van der Waals surface area contributed by atoms with Gasteiger partial charge in [0, 0.05) is 12.2 Å². The molecule has 1 aliphatic heterocycles. The van der Waals surface area contributed by atoms with Gasteiger partial charge in [-0.1, -0.05) is 13.3 Å². The van der Waals surface area contributed by atoms with Crippen molar-refractivity contribution >= 4 is 27.6 Å². The number of anilines is 1. The average molecular weight is 354 g/mol. The van der Waals surface area contributed by atoms with Crippen LogP contribution < -0.4 is 5.32 Å². The molecular formula is C16H22N2O5S. The van der Waals surface area contributed by atoms with E-state index in [1.807, 2.05) is 6.92 Å². The highest BCUT2D eigenvalue weighted by atomic mass is 32.2. The maximum atomic E-state index is 12.4. The lowest BCUT2D eigenvalue weighted by atomic mass is 10.2. The van der Waals surface area contributed by atoms with Crippen LogP contribution in [0, 0.1) is 0 Å². The molecule has 1 aromatic rings. The maximum absolute atomic E-state index is 12.4. The lowest BCUT2D eigenvalue weighted by Crippen LogP contribution is -2.44. The van der Waals surface area contributed by atoms with Crippen LogP contribution in [0.1, 0.15) is 43.0 Å². The minimum absolute atomic E-state index is 0.0561. The van der Waals surface area contributed by atoms with Crippen molar-refractivity contribution in [3.63, 3.8) is 0 Å². The normalized spacial score (nSPS) is 18.5. The van der Waals surface area contributed by atoms with Crippen molar-refractivity contribution in [3.05, 3.63) is 29.8 Å². The second-order valence-electron chi connectivity index (χ2n) is 5.81. The van der Waals surface area contributed by atoms with Crippen molar-refractivity contribution < 1.29 is 23.1 Å². The van der Waals surface area contributed by atoms with E-state index >= 15 is 0 Å². The first-order valence-electron chi connectivity index (χ1n) is 7.99. The summed E-state index contributed by atoms with van der Waals surface area (Å²) >= 11 is 0. The van der Waals surface area contributed by atoms with E-state index in [0.29, 0.717) is 31.5 Å². The Balaban J connectivity index is 2.06. The highest BCUT2D eigenvalue weighted by Gasteiger charge is 2.38. The number of sulfonamides is 1. The van der Waals surface area contributed by atoms with Gasteiger partial charge in [0.1, 0.15) is 6.04 Å². The molecule has 0 radical (unpaired) electrons. The van der Waals surface area contributed by atoms with Crippen molar-refractivity contribution in [1.29, 1.82) is 0 Å². The number of nitrogens with zero attached hydrogens (tertiary/aromatic N) is 1. The van der Waals surface area contributed by atoms with Gasteiger partial charge in [-0.2, -0.15) is 4.31 Å². The number of carboxylic acid groups (broad SMARTS) is 1. The summed E-state index contributed by atoms with van der Waals surface area (Å²) in [7, 11) is -3.43. The summed E-state index contributed by atoms with van der Waals surface area (Å²) in [5, 5.41) is 11.5. The van der Waals surface area contributed by atoms with E-state index in [4.69, 9.17) is 5.11 Å². The van der Waals surface area contributed by atoms with Crippen molar-refractivity contribution in [2.45, 2.75) is 38.6 Å². The van der Waals surface area contributed by atoms with Gasteiger partial charge in [0.05, 0.1) is 11.3 Å². The molecule has 0 bridgehead atoms. The molecule has 1 unspecified atom stereocenters. The van der Waals surface area contributed by atoms with Gasteiger partial charge >= 0.3 is 5.97 Å². The van der Waals surface area contributed by atoms with Gasteiger partial charge in [0.25, 0.3) is 0 Å². The first-order chi connectivity index (χ1) is 11.3. The Hall–Kier alpha value is -1.93. The molecule has 1 heterocycles. The van der Waals surface area contributed by atoms with Crippen LogP contribution in [0.25, 0.3) is 0 Å². The number of hydrogen-bond acceptors (Lipinski definition) is 4. The Bertz CT molecular complexity index is 700. The molecule has 2 N–H and O–H groups in total. The Labute approximate surface area is 141 Å². The predicted molar refractivity (Wildman–Crippen MR) is 90.5 cm³/mol. The number of amides is 1. The Morgan fingerprint density at radius 1 is 1.29 bits per heavy atom. The van der Waals surface area contributed by atoms with Crippen molar-refractivity contribution in [2.24, 2.45) is 0 Å². The molecule has 1 amide bonds. The molecule has 0 saturated carbocycles. The largest absolute Gasteiger partial charge is 0.478 e. The molecule has 1 atom stereocenters. The van der Waals surface area contributed by atoms with E-state index in [1.54, 1.807) is 0 Å². The third-order valence-electron chi connectivity index (χ3n) is 4.02. The topological polar surface area (TPSA) is 104 Å². The smallest absolute Gasteiger partial charge is 0.335 e. The fraction of sp³-hybridized carbons (Fsp3) is 0.500. The Morgan fingerprint density at radius 3 is 2.54 bits per heavy atom. The van der Waals surface area contributed by atoms with Gasteiger partial charge in [-0.15, -0.1) is 0 Å². The number of unbranched alkanes of at least 4 members (excludes halogenated alkanes) is 1. The van der Waals surface area contributed by atoms with Gasteiger partial charge in [-0.3, -0.25) is 4.79 Å². The number of aromatic carboxylic acids is 1. The SMILES string of the molecule is CCCCS(=O)(=O)N1CCCC1C(=O)Nc1ccc(C(=O)O)cc1. The summed E-state index contributed by atoms with van der Waals surface area (Å²) in [5.74, 6) is -1.37. The quantitative estimate of drug-likeness (QED) is 0.778. The first kappa shape index (κ1) is 18.4. The molecule has 7 nitrogen and oxygen atoms in total. The summed E-state index contributed by atoms with van der Waals surface area (Å²) < 4.78 is 26.0. The Morgan fingerprint density at radius 2 is 1.96 bits per heavy atom. The number of rotatable bonds is 7. The van der Waals surface area contributed by atoms with Crippen molar-refractivity contribution in [3.8, 4) is 0 Å². The van der Waals surface area contributed by atoms with Crippen molar-refractivity contribution in [1.82, 2.24) is 4.31 Å². The fourth-order valence-corrected chi connectivity index (χ4v) is 4.58. The number of carboxylic acids is 1. The second-order valence-corrected chi connectivity index (χ2v) is 7.85. The lowest BCUT2D eigenvalue weighted by molar-refractivity contribution is -0.119. The number of benzene rings is 1. The monoisotopic (exact) mass is 354 g/mol.